The molecule has 2 heterocycles. The number of ether oxygens (including phenoxy) is 2. The fourth-order valence-corrected chi connectivity index (χ4v) is 5.32. The second kappa shape index (κ2) is 12.0. The molecule has 11 heteroatoms. The number of carbonyl (C=O) groups excluding carboxylic acids is 2. The summed E-state index contributed by atoms with van der Waals surface area (Å²) in [7, 11) is 1.27. The molecule has 0 fully saturated rings. The number of hydrogen-bond donors (Lipinski definition) is 1. The van der Waals surface area contributed by atoms with E-state index in [4.69, 9.17) is 9.47 Å². The van der Waals surface area contributed by atoms with Crippen molar-refractivity contribution in [2.75, 3.05) is 18.2 Å². The minimum atomic E-state index is -0.590. The largest absolute Gasteiger partial charge is 0.486 e. The number of aryl methyl sites for hydroxylation is 1. The van der Waals surface area contributed by atoms with Gasteiger partial charge in [0.15, 0.2) is 11.0 Å². The maximum absolute atomic E-state index is 13.4. The average Bonchev–Trinajstić information content (AvgIpc) is 3.50. The van der Waals surface area contributed by atoms with Crippen LogP contribution in [0.1, 0.15) is 28.7 Å². The van der Waals surface area contributed by atoms with Crippen LogP contribution in [-0.4, -0.2) is 39.5 Å². The average molecular weight is 541 g/mol. The van der Waals surface area contributed by atoms with Crippen molar-refractivity contribution in [2.45, 2.75) is 32.2 Å². The van der Waals surface area contributed by atoms with E-state index in [9.17, 15) is 14.0 Å². The highest BCUT2D eigenvalue weighted by Gasteiger charge is 2.23. The molecular formula is C26H25FN4O4S2. The lowest BCUT2D eigenvalue weighted by Gasteiger charge is -2.10. The number of nitrogens with zero attached hydrogens (tertiary/aromatic N) is 3. The van der Waals surface area contributed by atoms with Gasteiger partial charge >= 0.3 is 5.97 Å². The van der Waals surface area contributed by atoms with Gasteiger partial charge in [0.1, 0.15) is 28.7 Å². The van der Waals surface area contributed by atoms with Gasteiger partial charge in [0, 0.05) is 17.5 Å². The number of thioether (sulfide) groups is 1. The van der Waals surface area contributed by atoms with E-state index < -0.39 is 5.97 Å². The fourth-order valence-electron chi connectivity index (χ4n) is 3.52. The molecule has 192 valence electrons. The van der Waals surface area contributed by atoms with Crippen molar-refractivity contribution in [1.82, 2.24) is 14.8 Å². The second-order valence-corrected chi connectivity index (χ2v) is 9.76. The SMILES string of the molecule is CCn1c(COc2ccc(C)cc2)nnc1SCC(=O)Nc1scc(-c2ccc(F)cc2)c1C(=O)OC. The Balaban J connectivity index is 1.42. The number of esters is 1. The van der Waals surface area contributed by atoms with Gasteiger partial charge in [-0.3, -0.25) is 4.79 Å². The highest BCUT2D eigenvalue weighted by Crippen LogP contribution is 2.36. The molecule has 0 aliphatic heterocycles. The number of methoxy groups -OCH3 is 1. The number of amides is 1. The number of halogens is 1. The lowest BCUT2D eigenvalue weighted by molar-refractivity contribution is -0.113. The molecule has 37 heavy (non-hydrogen) atoms. The second-order valence-electron chi connectivity index (χ2n) is 7.93. The summed E-state index contributed by atoms with van der Waals surface area (Å²) in [5, 5.41) is 13.9. The van der Waals surface area contributed by atoms with E-state index in [0.29, 0.717) is 33.7 Å². The molecular weight excluding hydrogens is 515 g/mol. The highest BCUT2D eigenvalue weighted by atomic mass is 32.2. The summed E-state index contributed by atoms with van der Waals surface area (Å²) < 4.78 is 26.0. The zero-order chi connectivity index (χ0) is 26.4. The monoisotopic (exact) mass is 540 g/mol. The van der Waals surface area contributed by atoms with E-state index in [0.717, 1.165) is 11.3 Å². The Kier molecular flexibility index (Phi) is 8.57. The Bertz CT molecular complexity index is 1380. The minimum absolute atomic E-state index is 0.0569. The smallest absolute Gasteiger partial charge is 0.341 e. The molecule has 0 spiro atoms. The fraction of sp³-hybridized carbons (Fsp3) is 0.231. The Labute approximate surface area is 221 Å². The number of hydrogen-bond acceptors (Lipinski definition) is 8. The first kappa shape index (κ1) is 26.4. The molecule has 0 unspecified atom stereocenters. The van der Waals surface area contributed by atoms with Gasteiger partial charge in [-0.05, 0) is 43.7 Å². The van der Waals surface area contributed by atoms with E-state index in [1.165, 1.54) is 42.3 Å². The minimum Gasteiger partial charge on any atom is -0.486 e. The molecule has 2 aromatic heterocycles. The van der Waals surface area contributed by atoms with Crippen LogP contribution in [0.4, 0.5) is 9.39 Å². The van der Waals surface area contributed by atoms with Crippen LogP contribution in [0, 0.1) is 12.7 Å². The van der Waals surface area contributed by atoms with Crippen LogP contribution in [0.15, 0.2) is 59.1 Å². The summed E-state index contributed by atoms with van der Waals surface area (Å²) in [6, 6.07) is 13.5. The molecule has 0 radical (unpaired) electrons. The molecule has 0 bridgehead atoms. The Morgan fingerprint density at radius 1 is 1.11 bits per heavy atom. The van der Waals surface area contributed by atoms with Crippen LogP contribution in [0.5, 0.6) is 5.75 Å². The van der Waals surface area contributed by atoms with Crippen molar-refractivity contribution >= 4 is 40.0 Å². The lowest BCUT2D eigenvalue weighted by atomic mass is 10.0. The van der Waals surface area contributed by atoms with Gasteiger partial charge in [0.05, 0.1) is 12.9 Å². The third kappa shape index (κ3) is 6.36. The van der Waals surface area contributed by atoms with Crippen LogP contribution in [0.3, 0.4) is 0 Å². The number of carbonyl (C=O) groups is 2. The van der Waals surface area contributed by atoms with Crippen LogP contribution in [0.25, 0.3) is 11.1 Å². The molecule has 2 aromatic carbocycles. The van der Waals surface area contributed by atoms with Gasteiger partial charge in [-0.25, -0.2) is 9.18 Å². The van der Waals surface area contributed by atoms with Crippen LogP contribution >= 0.6 is 23.1 Å². The van der Waals surface area contributed by atoms with E-state index >= 15 is 0 Å². The summed E-state index contributed by atoms with van der Waals surface area (Å²) in [4.78, 5) is 25.3. The predicted octanol–water partition coefficient (Wildman–Crippen LogP) is 5.57. The maximum atomic E-state index is 13.4. The normalized spacial score (nSPS) is 10.8. The van der Waals surface area contributed by atoms with Gasteiger partial charge in [0.2, 0.25) is 5.91 Å². The number of aromatic nitrogens is 3. The molecule has 0 atom stereocenters. The topological polar surface area (TPSA) is 95.3 Å². The highest BCUT2D eigenvalue weighted by molar-refractivity contribution is 7.99. The molecule has 1 amide bonds. The first-order valence-electron chi connectivity index (χ1n) is 11.4. The van der Waals surface area contributed by atoms with Gasteiger partial charge in [-0.15, -0.1) is 21.5 Å². The number of nitrogens with one attached hydrogen (secondary N) is 1. The van der Waals surface area contributed by atoms with Gasteiger partial charge in [0.25, 0.3) is 0 Å². The zero-order valence-corrected chi connectivity index (χ0v) is 22.1. The summed E-state index contributed by atoms with van der Waals surface area (Å²) in [6.45, 7) is 4.84. The van der Waals surface area contributed by atoms with Crippen LogP contribution in [-0.2, 0) is 22.7 Å². The maximum Gasteiger partial charge on any atom is 0.341 e. The molecule has 0 saturated heterocycles. The lowest BCUT2D eigenvalue weighted by Crippen LogP contribution is -2.16. The first-order chi connectivity index (χ1) is 17.9. The number of anilines is 1. The first-order valence-corrected chi connectivity index (χ1v) is 13.3. The van der Waals surface area contributed by atoms with Crippen molar-refractivity contribution in [3.63, 3.8) is 0 Å². The van der Waals surface area contributed by atoms with Gasteiger partial charge in [-0.1, -0.05) is 41.6 Å². The van der Waals surface area contributed by atoms with Crippen molar-refractivity contribution in [3.8, 4) is 16.9 Å². The van der Waals surface area contributed by atoms with Crippen molar-refractivity contribution in [3.05, 3.63) is 76.7 Å². The van der Waals surface area contributed by atoms with Crippen molar-refractivity contribution < 1.29 is 23.5 Å². The summed E-state index contributed by atoms with van der Waals surface area (Å²) in [5.74, 6) is 0.164. The third-order valence-corrected chi connectivity index (χ3v) is 7.28. The quantitative estimate of drug-likeness (QED) is 0.208. The molecule has 1 N–H and O–H groups in total. The molecule has 0 aliphatic rings. The molecule has 4 aromatic rings. The summed E-state index contributed by atoms with van der Waals surface area (Å²) >= 11 is 2.44. The van der Waals surface area contributed by atoms with E-state index in [1.54, 1.807) is 17.5 Å². The van der Waals surface area contributed by atoms with E-state index in [-0.39, 0.29) is 29.6 Å². The van der Waals surface area contributed by atoms with E-state index in [1.807, 2.05) is 42.7 Å². The molecule has 0 saturated carbocycles. The van der Waals surface area contributed by atoms with Gasteiger partial charge in [-0.2, -0.15) is 0 Å². The zero-order valence-electron chi connectivity index (χ0n) is 20.5. The van der Waals surface area contributed by atoms with Crippen LogP contribution in [0.2, 0.25) is 0 Å². The Morgan fingerprint density at radius 3 is 2.51 bits per heavy atom. The number of benzene rings is 2. The summed E-state index contributed by atoms with van der Waals surface area (Å²) in [6.07, 6.45) is 0. The molecule has 4 rings (SSSR count). The van der Waals surface area contributed by atoms with Gasteiger partial charge < -0.3 is 19.4 Å². The Hall–Kier alpha value is -3.70. The number of rotatable bonds is 10. The predicted molar refractivity (Wildman–Crippen MR) is 142 cm³/mol. The van der Waals surface area contributed by atoms with Crippen LogP contribution < -0.4 is 10.1 Å². The molecule has 8 nitrogen and oxygen atoms in total. The number of thiophene rings is 1. The van der Waals surface area contributed by atoms with Crippen molar-refractivity contribution in [1.29, 1.82) is 0 Å². The summed E-state index contributed by atoms with van der Waals surface area (Å²) in [5.41, 5.74) is 2.58. The molecule has 0 aliphatic carbocycles. The third-order valence-electron chi connectivity index (χ3n) is 5.42. The van der Waals surface area contributed by atoms with Crippen molar-refractivity contribution in [2.24, 2.45) is 0 Å². The Morgan fingerprint density at radius 2 is 1.84 bits per heavy atom. The van der Waals surface area contributed by atoms with E-state index in [2.05, 4.69) is 15.5 Å². The standard InChI is InChI=1S/C26H25FN4O4S2/c1-4-31-21(13-35-19-11-5-16(2)6-12-19)29-30-26(31)37-15-22(32)28-24-23(25(33)34-3)20(14-36-24)17-7-9-18(27)10-8-17/h5-12,14H,4,13,15H2,1-3H3,(H,28,32).